The van der Waals surface area contributed by atoms with E-state index >= 15 is 0 Å². The van der Waals surface area contributed by atoms with Gasteiger partial charge in [-0.2, -0.15) is 0 Å². The molecule has 2 saturated heterocycles. The van der Waals surface area contributed by atoms with Crippen molar-refractivity contribution in [1.82, 2.24) is 0 Å². The molecule has 0 bridgehead atoms. The summed E-state index contributed by atoms with van der Waals surface area (Å²) in [5.41, 5.74) is 1.32. The molecule has 98 valence electrons. The third-order valence-corrected chi connectivity index (χ3v) is 4.42. The van der Waals surface area contributed by atoms with Crippen LogP contribution in [0.4, 0.5) is 0 Å². The fourth-order valence-corrected chi connectivity index (χ4v) is 3.36. The van der Waals surface area contributed by atoms with Crippen molar-refractivity contribution in [3.63, 3.8) is 0 Å². The predicted octanol–water partition coefficient (Wildman–Crippen LogP) is 1.81. The van der Waals surface area contributed by atoms with E-state index in [2.05, 4.69) is 20.4 Å². The molecule has 2 fully saturated rings. The van der Waals surface area contributed by atoms with Gasteiger partial charge in [0.2, 0.25) is 0 Å². The maximum Gasteiger partial charge on any atom is 0.113 e. The number of likely N-dealkylation sites (tertiary alicyclic amines) is 1. The molecule has 2 heteroatoms. The van der Waals surface area contributed by atoms with Gasteiger partial charge in [-0.25, -0.2) is 0 Å². The van der Waals surface area contributed by atoms with Gasteiger partial charge in [0.15, 0.2) is 0 Å². The lowest BCUT2D eigenvalue weighted by Gasteiger charge is -2.37. The van der Waals surface area contributed by atoms with Crippen LogP contribution in [-0.2, 0) is 4.74 Å². The number of piperidine rings is 1. The van der Waals surface area contributed by atoms with Gasteiger partial charge in [0, 0.05) is 5.92 Å². The van der Waals surface area contributed by atoms with Crippen LogP contribution in [0.1, 0.15) is 46.0 Å². The number of nitrogens with one attached hydrogen (secondary N) is 1. The summed E-state index contributed by atoms with van der Waals surface area (Å²) in [4.78, 5) is 1.75. The first kappa shape index (κ1) is 13.1. The Balaban J connectivity index is 1.92. The van der Waals surface area contributed by atoms with Gasteiger partial charge in [0.1, 0.15) is 12.6 Å². The van der Waals surface area contributed by atoms with Gasteiger partial charge in [-0.15, -0.1) is 0 Å². The monoisotopic (exact) mass is 238 g/mol. The van der Waals surface area contributed by atoms with Crippen LogP contribution in [-0.4, -0.2) is 31.8 Å². The van der Waals surface area contributed by atoms with Crippen LogP contribution in [0.5, 0.6) is 0 Å². The van der Waals surface area contributed by atoms with E-state index in [9.17, 15) is 0 Å². The zero-order valence-electron chi connectivity index (χ0n) is 11.5. The fourth-order valence-electron chi connectivity index (χ4n) is 3.36. The molecule has 2 rings (SSSR count). The second kappa shape index (κ2) is 6.01. The first-order valence-corrected chi connectivity index (χ1v) is 7.31. The lowest BCUT2D eigenvalue weighted by atomic mass is 9.86. The van der Waals surface area contributed by atoms with E-state index in [1.54, 1.807) is 4.90 Å². The van der Waals surface area contributed by atoms with Crippen LogP contribution >= 0.6 is 0 Å². The first-order valence-electron chi connectivity index (χ1n) is 7.31. The number of hydrogen-bond acceptors (Lipinski definition) is 1. The standard InChI is InChI=1S/C15H27NO/c1-12(2)14-8-7-13(3)17-15(14)11-16-9-5-4-6-10-16/h13-15H,1,4-11H2,2-3H3/p+1/t13-,14+,15+/m1/s1. The van der Waals surface area contributed by atoms with Gasteiger partial charge in [-0.3, -0.25) is 0 Å². The Labute approximate surface area is 106 Å². The van der Waals surface area contributed by atoms with E-state index in [0.717, 1.165) is 0 Å². The normalized spacial score (nSPS) is 35.8. The molecule has 0 saturated carbocycles. The summed E-state index contributed by atoms with van der Waals surface area (Å²) in [5, 5.41) is 0. The number of rotatable bonds is 3. The van der Waals surface area contributed by atoms with Crippen molar-refractivity contribution < 1.29 is 9.64 Å². The van der Waals surface area contributed by atoms with Crippen molar-refractivity contribution in [2.24, 2.45) is 5.92 Å². The lowest BCUT2D eigenvalue weighted by molar-refractivity contribution is -0.908. The molecule has 3 atom stereocenters. The summed E-state index contributed by atoms with van der Waals surface area (Å²) >= 11 is 0. The second-order valence-electron chi connectivity index (χ2n) is 6.03. The minimum Gasteiger partial charge on any atom is -0.369 e. The first-order chi connectivity index (χ1) is 8.16. The van der Waals surface area contributed by atoms with Crippen LogP contribution in [0.3, 0.4) is 0 Å². The van der Waals surface area contributed by atoms with Crippen LogP contribution in [0.2, 0.25) is 0 Å². The maximum absolute atomic E-state index is 6.18. The smallest absolute Gasteiger partial charge is 0.113 e. The highest BCUT2D eigenvalue weighted by Crippen LogP contribution is 2.29. The van der Waals surface area contributed by atoms with Crippen LogP contribution in [0, 0.1) is 5.92 Å². The topological polar surface area (TPSA) is 13.7 Å². The van der Waals surface area contributed by atoms with E-state index in [0.29, 0.717) is 18.1 Å². The Morgan fingerprint density at radius 3 is 2.59 bits per heavy atom. The lowest BCUT2D eigenvalue weighted by Crippen LogP contribution is -3.14. The Hall–Kier alpha value is -0.340. The van der Waals surface area contributed by atoms with Crippen molar-refractivity contribution in [1.29, 1.82) is 0 Å². The third kappa shape index (κ3) is 3.56. The van der Waals surface area contributed by atoms with Gasteiger partial charge in [-0.1, -0.05) is 12.2 Å². The Morgan fingerprint density at radius 2 is 1.94 bits per heavy atom. The predicted molar refractivity (Wildman–Crippen MR) is 71.3 cm³/mol. The van der Waals surface area contributed by atoms with Gasteiger partial charge in [0.05, 0.1) is 19.2 Å². The number of hydrogen-bond donors (Lipinski definition) is 1. The van der Waals surface area contributed by atoms with E-state index in [4.69, 9.17) is 4.74 Å². The van der Waals surface area contributed by atoms with Gasteiger partial charge in [-0.05, 0) is 46.0 Å². The summed E-state index contributed by atoms with van der Waals surface area (Å²) in [6, 6.07) is 0. The highest BCUT2D eigenvalue weighted by atomic mass is 16.5. The molecule has 0 radical (unpaired) electrons. The molecule has 17 heavy (non-hydrogen) atoms. The molecule has 0 spiro atoms. The SMILES string of the molecule is C=C(C)[C@@H]1CC[C@@H](C)O[C@H]1C[NH+]1CCCCC1. The zero-order valence-corrected chi connectivity index (χ0v) is 11.5. The van der Waals surface area contributed by atoms with Crippen LogP contribution in [0.15, 0.2) is 12.2 Å². The molecule has 2 aliphatic rings. The quantitative estimate of drug-likeness (QED) is 0.741. The van der Waals surface area contributed by atoms with Crippen molar-refractivity contribution in [2.75, 3.05) is 19.6 Å². The molecule has 0 unspecified atom stereocenters. The average Bonchev–Trinajstić information content (AvgIpc) is 2.30. The van der Waals surface area contributed by atoms with Gasteiger partial charge >= 0.3 is 0 Å². The highest BCUT2D eigenvalue weighted by molar-refractivity contribution is 5.01. The summed E-state index contributed by atoms with van der Waals surface area (Å²) < 4.78 is 6.18. The Bertz CT molecular complexity index is 258. The Kier molecular flexibility index (Phi) is 4.63. The maximum atomic E-state index is 6.18. The van der Waals surface area contributed by atoms with Crippen molar-refractivity contribution in [2.45, 2.75) is 58.2 Å². The van der Waals surface area contributed by atoms with Gasteiger partial charge < -0.3 is 9.64 Å². The van der Waals surface area contributed by atoms with Gasteiger partial charge in [0.25, 0.3) is 0 Å². The molecule has 0 aromatic heterocycles. The average molecular weight is 238 g/mol. The van der Waals surface area contributed by atoms with Crippen LogP contribution in [0.25, 0.3) is 0 Å². The minimum absolute atomic E-state index is 0.421. The highest BCUT2D eigenvalue weighted by Gasteiger charge is 2.33. The van der Waals surface area contributed by atoms with E-state index < -0.39 is 0 Å². The molecule has 1 N–H and O–H groups in total. The van der Waals surface area contributed by atoms with Crippen molar-refractivity contribution in [3.8, 4) is 0 Å². The molecule has 0 aromatic rings. The Morgan fingerprint density at radius 1 is 1.24 bits per heavy atom. The summed E-state index contributed by atoms with van der Waals surface area (Å²) in [6.07, 6.45) is 7.56. The number of quaternary nitrogens is 1. The third-order valence-electron chi connectivity index (χ3n) is 4.42. The summed E-state index contributed by atoms with van der Waals surface area (Å²) in [7, 11) is 0. The van der Waals surface area contributed by atoms with E-state index in [1.165, 1.54) is 57.3 Å². The van der Waals surface area contributed by atoms with E-state index in [-0.39, 0.29) is 0 Å². The molecule has 0 aliphatic carbocycles. The largest absolute Gasteiger partial charge is 0.369 e. The molecule has 2 aliphatic heterocycles. The second-order valence-corrected chi connectivity index (χ2v) is 6.03. The summed E-state index contributed by atoms with van der Waals surface area (Å²) in [5.74, 6) is 0.598. The van der Waals surface area contributed by atoms with Crippen LogP contribution < -0.4 is 4.90 Å². The molecular formula is C15H28NO+. The van der Waals surface area contributed by atoms with Crippen molar-refractivity contribution >= 4 is 0 Å². The molecule has 2 nitrogen and oxygen atoms in total. The molecule has 2 heterocycles. The fraction of sp³-hybridized carbons (Fsp3) is 0.867. The number of ether oxygens (including phenoxy) is 1. The zero-order chi connectivity index (χ0) is 12.3. The minimum atomic E-state index is 0.421. The van der Waals surface area contributed by atoms with Crippen molar-refractivity contribution in [3.05, 3.63) is 12.2 Å². The molecule has 0 aromatic carbocycles. The van der Waals surface area contributed by atoms with E-state index in [1.807, 2.05) is 0 Å². The molecule has 0 amide bonds. The molecular weight excluding hydrogens is 210 g/mol. The summed E-state index contributed by atoms with van der Waals surface area (Å²) in [6.45, 7) is 12.4.